The molecule has 0 spiro atoms. The topological polar surface area (TPSA) is 74.2 Å². The van der Waals surface area contributed by atoms with Crippen LogP contribution in [0.1, 0.15) is 57.6 Å². The van der Waals surface area contributed by atoms with Gasteiger partial charge in [-0.25, -0.2) is 19.3 Å². The van der Waals surface area contributed by atoms with Crippen molar-refractivity contribution < 1.29 is 9.18 Å². The predicted octanol–water partition coefficient (Wildman–Crippen LogP) is 4.44. The first kappa shape index (κ1) is 21.0. The molecule has 5 rings (SSSR count). The fraction of sp³-hybridized carbons (Fsp3) is 0.391. The highest BCUT2D eigenvalue weighted by atomic mass is 32.1. The fourth-order valence-electron chi connectivity index (χ4n) is 4.42. The van der Waals surface area contributed by atoms with Gasteiger partial charge in [-0.2, -0.15) is 0 Å². The summed E-state index contributed by atoms with van der Waals surface area (Å²) in [6.07, 6.45) is 4.77. The maximum absolute atomic E-state index is 14.6. The monoisotopic (exact) mass is 452 g/mol. The minimum Gasteiger partial charge on any atom is -0.337 e. The Morgan fingerprint density at radius 1 is 1.19 bits per heavy atom. The molecule has 32 heavy (non-hydrogen) atoms. The van der Waals surface area contributed by atoms with E-state index >= 15 is 0 Å². The first-order chi connectivity index (χ1) is 15.5. The lowest BCUT2D eigenvalue weighted by Gasteiger charge is -2.35. The molecule has 1 atom stereocenters. The van der Waals surface area contributed by atoms with Crippen molar-refractivity contribution in [2.75, 3.05) is 18.9 Å². The Kier molecular flexibility index (Phi) is 5.60. The van der Waals surface area contributed by atoms with E-state index in [1.165, 1.54) is 22.3 Å². The van der Waals surface area contributed by atoms with E-state index in [0.29, 0.717) is 27.9 Å². The number of carbonyl (C=O) groups excluding carboxylic acids is 1. The number of aromatic nitrogens is 3. The number of rotatable bonds is 0. The summed E-state index contributed by atoms with van der Waals surface area (Å²) in [6, 6.07) is 7.19. The molecular formula is C23H25FN6OS. The number of hydrogen-bond donors (Lipinski definition) is 1. The van der Waals surface area contributed by atoms with E-state index in [1.807, 2.05) is 25.1 Å². The number of carbonyl (C=O) groups is 1. The Morgan fingerprint density at radius 2 is 2.06 bits per heavy atom. The van der Waals surface area contributed by atoms with Crippen LogP contribution in [0, 0.1) is 12.7 Å². The van der Waals surface area contributed by atoms with E-state index in [2.05, 4.69) is 15.2 Å². The fourth-order valence-corrected chi connectivity index (χ4v) is 5.23. The van der Waals surface area contributed by atoms with Crippen molar-refractivity contribution >= 4 is 28.2 Å². The van der Waals surface area contributed by atoms with Crippen molar-refractivity contribution in [2.24, 2.45) is 0 Å². The third-order valence-corrected chi connectivity index (χ3v) is 6.89. The predicted molar refractivity (Wildman–Crippen MR) is 121 cm³/mol. The van der Waals surface area contributed by atoms with Crippen molar-refractivity contribution in [3.63, 3.8) is 0 Å². The van der Waals surface area contributed by atoms with Crippen molar-refractivity contribution in [3.05, 3.63) is 63.8 Å². The summed E-state index contributed by atoms with van der Waals surface area (Å²) in [5.74, 6) is 0.969. The Labute approximate surface area is 190 Å². The van der Waals surface area contributed by atoms with Gasteiger partial charge in [-0.1, -0.05) is 23.8 Å². The summed E-state index contributed by atoms with van der Waals surface area (Å²) in [4.78, 5) is 31.2. The molecule has 1 unspecified atom stereocenters. The van der Waals surface area contributed by atoms with Crippen LogP contribution in [0.25, 0.3) is 0 Å². The van der Waals surface area contributed by atoms with Gasteiger partial charge < -0.3 is 10.2 Å². The van der Waals surface area contributed by atoms with E-state index in [-0.39, 0.29) is 24.3 Å². The van der Waals surface area contributed by atoms with E-state index in [0.717, 1.165) is 42.9 Å². The highest BCUT2D eigenvalue weighted by Gasteiger charge is 2.27. The van der Waals surface area contributed by atoms with Crippen molar-refractivity contribution in [3.8, 4) is 0 Å². The molecule has 1 saturated heterocycles. The van der Waals surface area contributed by atoms with Crippen LogP contribution in [0.2, 0.25) is 0 Å². The number of anilines is 2. The molecule has 3 aromatic rings. The molecule has 2 aliphatic rings. The van der Waals surface area contributed by atoms with E-state index in [9.17, 15) is 9.18 Å². The molecule has 9 heteroatoms. The summed E-state index contributed by atoms with van der Waals surface area (Å²) in [7, 11) is 1.69. The maximum atomic E-state index is 14.6. The number of amides is 1. The van der Waals surface area contributed by atoms with Gasteiger partial charge in [0.05, 0.1) is 12.2 Å². The minimum atomic E-state index is -0.303. The van der Waals surface area contributed by atoms with Crippen LogP contribution >= 0.6 is 11.3 Å². The number of nitrogens with zero attached hydrogens (tertiary/aromatic N) is 5. The molecule has 0 saturated carbocycles. The number of aryl methyl sites for hydroxylation is 1. The lowest BCUT2D eigenvalue weighted by Crippen LogP contribution is -2.34. The van der Waals surface area contributed by atoms with Gasteiger partial charge in [0, 0.05) is 37.5 Å². The smallest absolute Gasteiger partial charge is 0.265 e. The molecule has 1 N–H and O–H groups in total. The Balaban J connectivity index is 1.60. The van der Waals surface area contributed by atoms with Crippen LogP contribution in [0.15, 0.2) is 30.5 Å². The number of hydrogen-bond acceptors (Lipinski definition) is 7. The van der Waals surface area contributed by atoms with E-state index in [4.69, 9.17) is 9.97 Å². The molecule has 0 radical (unpaired) electrons. The average Bonchev–Trinajstić information content (AvgIpc) is 3.23. The number of thiazole rings is 1. The first-order valence-corrected chi connectivity index (χ1v) is 11.6. The molecule has 166 valence electrons. The quantitative estimate of drug-likeness (QED) is 0.544. The number of halogens is 1. The van der Waals surface area contributed by atoms with E-state index < -0.39 is 0 Å². The minimum absolute atomic E-state index is 0.0988. The van der Waals surface area contributed by atoms with Gasteiger partial charge >= 0.3 is 0 Å². The Morgan fingerprint density at radius 3 is 2.94 bits per heavy atom. The normalized spacial score (nSPS) is 19.4. The zero-order valence-corrected chi connectivity index (χ0v) is 19.0. The molecule has 7 nitrogen and oxygen atoms in total. The number of piperidine rings is 1. The van der Waals surface area contributed by atoms with Crippen LogP contribution < -0.4 is 5.32 Å². The lowest BCUT2D eigenvalue weighted by molar-refractivity contribution is 0.0788. The van der Waals surface area contributed by atoms with Gasteiger partial charge in [0.25, 0.3) is 5.91 Å². The number of nitrogens with one attached hydrogen (secondary N) is 1. The Hall–Kier alpha value is -2.91. The highest BCUT2D eigenvalue weighted by Crippen LogP contribution is 2.32. The molecule has 1 amide bonds. The summed E-state index contributed by atoms with van der Waals surface area (Å²) >= 11 is 1.26. The molecule has 6 bridgehead atoms. The summed E-state index contributed by atoms with van der Waals surface area (Å²) in [5, 5.41) is 3.83. The average molecular weight is 453 g/mol. The number of benzene rings is 1. The first-order valence-electron chi connectivity index (χ1n) is 10.8. The zero-order chi connectivity index (χ0) is 22.2. The zero-order valence-electron chi connectivity index (χ0n) is 18.1. The summed E-state index contributed by atoms with van der Waals surface area (Å²) < 4.78 is 14.6. The van der Waals surface area contributed by atoms with E-state index in [1.54, 1.807) is 13.2 Å². The third-order valence-electron chi connectivity index (χ3n) is 5.98. The Bertz CT molecular complexity index is 1170. The van der Waals surface area contributed by atoms with Gasteiger partial charge in [-0.05, 0) is 44.0 Å². The van der Waals surface area contributed by atoms with Crippen LogP contribution in [0.3, 0.4) is 0 Å². The standard InChI is InChI=1S/C23H25FN6OS/c1-14-9-20-27-21(26-14)18-5-3-4-8-30(18)12-15-6-7-17(24)16(10-15)13-29(2)22(31)19-11-25-23(28-20)32-19/h6-7,9-11,18H,3-5,8,12-13H2,1-2H3,(H,25,26,27,28). The second kappa shape index (κ2) is 8.55. The lowest BCUT2D eigenvalue weighted by atomic mass is 9.99. The molecule has 4 heterocycles. The second-order valence-electron chi connectivity index (χ2n) is 8.48. The van der Waals surface area contributed by atoms with Gasteiger partial charge in [-0.15, -0.1) is 0 Å². The van der Waals surface area contributed by atoms with Gasteiger partial charge in [0.1, 0.15) is 22.3 Å². The summed E-state index contributed by atoms with van der Waals surface area (Å²) in [6.45, 7) is 3.78. The van der Waals surface area contributed by atoms with Crippen molar-refractivity contribution in [1.82, 2.24) is 24.8 Å². The maximum Gasteiger partial charge on any atom is 0.265 e. The van der Waals surface area contributed by atoms with Crippen LogP contribution in [-0.4, -0.2) is 44.3 Å². The molecule has 2 aromatic heterocycles. The molecule has 1 fully saturated rings. The van der Waals surface area contributed by atoms with Crippen LogP contribution in [0.5, 0.6) is 0 Å². The molecule has 2 aliphatic heterocycles. The number of fused-ring (bicyclic) bond motifs is 8. The SMILES string of the molecule is Cc1cc2nc(n1)C1CCCCN1Cc1ccc(F)c(c1)CN(C)C(=O)c1cnc(s1)N2. The summed E-state index contributed by atoms with van der Waals surface area (Å²) in [5.41, 5.74) is 2.41. The van der Waals surface area contributed by atoms with Gasteiger partial charge in [-0.3, -0.25) is 9.69 Å². The third kappa shape index (κ3) is 4.22. The van der Waals surface area contributed by atoms with Gasteiger partial charge in [0.2, 0.25) is 0 Å². The van der Waals surface area contributed by atoms with Crippen molar-refractivity contribution in [2.45, 2.75) is 45.3 Å². The van der Waals surface area contributed by atoms with Crippen LogP contribution in [-0.2, 0) is 13.1 Å². The van der Waals surface area contributed by atoms with Crippen LogP contribution in [0.4, 0.5) is 15.3 Å². The second-order valence-corrected chi connectivity index (χ2v) is 9.51. The van der Waals surface area contributed by atoms with Gasteiger partial charge in [0.15, 0.2) is 5.13 Å². The van der Waals surface area contributed by atoms with Crippen molar-refractivity contribution in [1.29, 1.82) is 0 Å². The molecule has 0 aliphatic carbocycles. The largest absolute Gasteiger partial charge is 0.337 e. The highest BCUT2D eigenvalue weighted by molar-refractivity contribution is 7.17. The molecular weight excluding hydrogens is 427 g/mol. The molecule has 1 aromatic carbocycles.